The van der Waals surface area contributed by atoms with Crippen LogP contribution >= 0.6 is 0 Å². The van der Waals surface area contributed by atoms with Gasteiger partial charge in [0.05, 0.1) is 17.1 Å². The number of carbonyl (C=O) groups is 1. The van der Waals surface area contributed by atoms with Crippen molar-refractivity contribution in [2.45, 2.75) is 13.0 Å². The first-order valence-electron chi connectivity index (χ1n) is 5.55. The number of carboxylic acids is 1. The monoisotopic (exact) mass is 270 g/mol. The van der Waals surface area contributed by atoms with Crippen LogP contribution in [0, 0.1) is 0 Å². The molecule has 1 atom stereocenters. The lowest BCUT2D eigenvalue weighted by Gasteiger charge is -2.34. The van der Waals surface area contributed by atoms with Gasteiger partial charge in [-0.25, -0.2) is 18.2 Å². The highest BCUT2D eigenvalue weighted by atomic mass is 32.2. The van der Waals surface area contributed by atoms with Gasteiger partial charge >= 0.3 is 5.97 Å². The van der Waals surface area contributed by atoms with Crippen LogP contribution < -0.4 is 4.90 Å². The maximum absolute atomic E-state index is 11.5. The molecular formula is C11H14N2O4S. The second-order valence-electron chi connectivity index (χ2n) is 4.37. The zero-order valence-corrected chi connectivity index (χ0v) is 10.7. The van der Waals surface area contributed by atoms with Gasteiger partial charge in [-0.05, 0) is 19.1 Å². The average Bonchev–Trinajstić information content (AvgIpc) is 2.28. The standard InChI is InChI=1S/C11H14N2O4S/c1-8-7-18(16,17)5-4-13(8)10-3-2-9(6-12-10)11(14)15/h2-3,6,8H,4-5,7H2,1H3,(H,14,15). The number of pyridine rings is 1. The molecule has 6 nitrogen and oxygen atoms in total. The van der Waals surface area contributed by atoms with Crippen molar-refractivity contribution in [3.8, 4) is 0 Å². The fourth-order valence-corrected chi connectivity index (χ4v) is 3.58. The molecule has 1 aromatic rings. The Balaban J connectivity index is 2.20. The molecule has 1 aromatic heterocycles. The summed E-state index contributed by atoms with van der Waals surface area (Å²) in [5.74, 6) is -0.194. The highest BCUT2D eigenvalue weighted by Crippen LogP contribution is 2.19. The number of anilines is 1. The number of sulfone groups is 1. The van der Waals surface area contributed by atoms with Crippen molar-refractivity contribution in [1.29, 1.82) is 0 Å². The highest BCUT2D eigenvalue weighted by Gasteiger charge is 2.28. The van der Waals surface area contributed by atoms with Gasteiger partial charge in [0, 0.05) is 18.8 Å². The zero-order chi connectivity index (χ0) is 13.3. The molecule has 0 bridgehead atoms. The van der Waals surface area contributed by atoms with Crippen LogP contribution in [0.2, 0.25) is 0 Å². The lowest BCUT2D eigenvalue weighted by Crippen LogP contribution is -2.47. The average molecular weight is 270 g/mol. The molecule has 2 rings (SSSR count). The van der Waals surface area contributed by atoms with Gasteiger partial charge in [0.1, 0.15) is 5.82 Å². The molecule has 98 valence electrons. The van der Waals surface area contributed by atoms with E-state index in [1.54, 1.807) is 6.07 Å². The number of rotatable bonds is 2. The van der Waals surface area contributed by atoms with Crippen LogP contribution in [0.3, 0.4) is 0 Å². The Labute approximate surface area is 105 Å². The van der Waals surface area contributed by atoms with Crippen molar-refractivity contribution in [3.63, 3.8) is 0 Å². The van der Waals surface area contributed by atoms with E-state index in [0.29, 0.717) is 12.4 Å². The number of carboxylic acid groups (broad SMARTS) is 1. The molecule has 1 saturated heterocycles. The van der Waals surface area contributed by atoms with Gasteiger partial charge in [-0.15, -0.1) is 0 Å². The molecule has 1 fully saturated rings. The minimum Gasteiger partial charge on any atom is -0.478 e. The summed E-state index contributed by atoms with van der Waals surface area (Å²) >= 11 is 0. The summed E-state index contributed by atoms with van der Waals surface area (Å²) in [6.45, 7) is 2.21. The molecular weight excluding hydrogens is 256 g/mol. The van der Waals surface area contributed by atoms with Crippen LogP contribution in [-0.4, -0.2) is 48.6 Å². The van der Waals surface area contributed by atoms with E-state index in [4.69, 9.17) is 5.11 Å². The van der Waals surface area contributed by atoms with E-state index in [-0.39, 0.29) is 23.1 Å². The fraction of sp³-hybridized carbons (Fsp3) is 0.455. The number of aromatic carboxylic acids is 1. The Hall–Kier alpha value is -1.63. The molecule has 0 aliphatic carbocycles. The van der Waals surface area contributed by atoms with Gasteiger partial charge < -0.3 is 10.0 Å². The third kappa shape index (κ3) is 2.61. The topological polar surface area (TPSA) is 87.6 Å². The van der Waals surface area contributed by atoms with E-state index in [0.717, 1.165) is 0 Å². The summed E-state index contributed by atoms with van der Waals surface area (Å²) in [7, 11) is -2.96. The van der Waals surface area contributed by atoms with Crippen LogP contribution in [0.15, 0.2) is 18.3 Å². The lowest BCUT2D eigenvalue weighted by molar-refractivity contribution is 0.0696. The maximum atomic E-state index is 11.5. The van der Waals surface area contributed by atoms with E-state index in [9.17, 15) is 13.2 Å². The van der Waals surface area contributed by atoms with Crippen LogP contribution in [0.1, 0.15) is 17.3 Å². The number of hydrogen-bond donors (Lipinski definition) is 1. The molecule has 2 heterocycles. The van der Waals surface area contributed by atoms with E-state index in [2.05, 4.69) is 4.98 Å². The molecule has 1 aliphatic heterocycles. The summed E-state index contributed by atoms with van der Waals surface area (Å²) < 4.78 is 22.9. The molecule has 0 spiro atoms. The van der Waals surface area contributed by atoms with Crippen molar-refractivity contribution in [3.05, 3.63) is 23.9 Å². The van der Waals surface area contributed by atoms with Crippen LogP contribution in [0.4, 0.5) is 5.82 Å². The van der Waals surface area contributed by atoms with Crippen LogP contribution in [0.5, 0.6) is 0 Å². The normalized spacial score (nSPS) is 22.7. The summed E-state index contributed by atoms with van der Waals surface area (Å²) in [5.41, 5.74) is 0.121. The van der Waals surface area contributed by atoms with E-state index < -0.39 is 15.8 Å². The third-order valence-corrected chi connectivity index (χ3v) is 4.75. The quantitative estimate of drug-likeness (QED) is 0.837. The predicted molar refractivity (Wildman–Crippen MR) is 66.7 cm³/mol. The molecule has 0 radical (unpaired) electrons. The van der Waals surface area contributed by atoms with Crippen molar-refractivity contribution < 1.29 is 18.3 Å². The largest absolute Gasteiger partial charge is 0.478 e. The van der Waals surface area contributed by atoms with Crippen molar-refractivity contribution in [2.75, 3.05) is 23.0 Å². The number of nitrogens with zero attached hydrogens (tertiary/aromatic N) is 2. The Bertz CT molecular complexity index is 553. The predicted octanol–water partition coefficient (Wildman–Crippen LogP) is 0.403. The summed E-state index contributed by atoms with van der Waals surface area (Å²) in [5, 5.41) is 8.77. The summed E-state index contributed by atoms with van der Waals surface area (Å²) in [6.07, 6.45) is 1.29. The minimum absolute atomic E-state index is 0.107. The minimum atomic E-state index is -2.96. The van der Waals surface area contributed by atoms with E-state index >= 15 is 0 Å². The van der Waals surface area contributed by atoms with Gasteiger partial charge in [0.2, 0.25) is 0 Å². The Morgan fingerprint density at radius 3 is 2.72 bits per heavy atom. The third-order valence-electron chi connectivity index (χ3n) is 2.96. The Morgan fingerprint density at radius 2 is 2.22 bits per heavy atom. The second kappa shape index (κ2) is 4.56. The molecule has 1 unspecified atom stereocenters. The van der Waals surface area contributed by atoms with Crippen molar-refractivity contribution >= 4 is 21.6 Å². The van der Waals surface area contributed by atoms with Gasteiger partial charge in [-0.1, -0.05) is 0 Å². The highest BCUT2D eigenvalue weighted by molar-refractivity contribution is 7.91. The van der Waals surface area contributed by atoms with Gasteiger partial charge in [0.15, 0.2) is 9.84 Å². The second-order valence-corrected chi connectivity index (χ2v) is 6.60. The van der Waals surface area contributed by atoms with Gasteiger partial charge in [0.25, 0.3) is 0 Å². The maximum Gasteiger partial charge on any atom is 0.337 e. The van der Waals surface area contributed by atoms with Gasteiger partial charge in [-0.2, -0.15) is 0 Å². The number of aromatic nitrogens is 1. The molecule has 1 N–H and O–H groups in total. The summed E-state index contributed by atoms with van der Waals surface area (Å²) in [6, 6.07) is 2.94. The first-order valence-corrected chi connectivity index (χ1v) is 7.37. The molecule has 1 aliphatic rings. The lowest BCUT2D eigenvalue weighted by atomic mass is 10.2. The smallest absolute Gasteiger partial charge is 0.337 e. The molecule has 0 amide bonds. The molecule has 7 heteroatoms. The Morgan fingerprint density at radius 1 is 1.50 bits per heavy atom. The molecule has 0 aromatic carbocycles. The van der Waals surface area contributed by atoms with E-state index in [1.807, 2.05) is 11.8 Å². The SMILES string of the molecule is CC1CS(=O)(=O)CCN1c1ccc(C(=O)O)cn1. The first kappa shape index (κ1) is 12.8. The first-order chi connectivity index (χ1) is 8.39. The fourth-order valence-electron chi connectivity index (χ4n) is 2.02. The molecule has 18 heavy (non-hydrogen) atoms. The summed E-state index contributed by atoms with van der Waals surface area (Å²) in [4.78, 5) is 16.7. The van der Waals surface area contributed by atoms with E-state index in [1.165, 1.54) is 12.3 Å². The van der Waals surface area contributed by atoms with Crippen LogP contribution in [0.25, 0.3) is 0 Å². The van der Waals surface area contributed by atoms with Crippen molar-refractivity contribution in [1.82, 2.24) is 4.98 Å². The van der Waals surface area contributed by atoms with Crippen molar-refractivity contribution in [2.24, 2.45) is 0 Å². The zero-order valence-electron chi connectivity index (χ0n) is 9.91. The molecule has 0 saturated carbocycles. The van der Waals surface area contributed by atoms with Gasteiger partial charge in [-0.3, -0.25) is 0 Å². The Kier molecular flexibility index (Phi) is 3.25. The van der Waals surface area contributed by atoms with Crippen LogP contribution in [-0.2, 0) is 9.84 Å². The number of hydrogen-bond acceptors (Lipinski definition) is 5.